The maximum absolute atomic E-state index is 3.39. The Kier molecular flexibility index (Phi) is 6.02. The Bertz CT molecular complexity index is 395. The smallest absolute Gasteiger partial charge is 0.0234 e. The second-order valence-corrected chi connectivity index (χ2v) is 6.01. The summed E-state index contributed by atoms with van der Waals surface area (Å²) in [5, 5.41) is 3.39. The van der Waals surface area contributed by atoms with Gasteiger partial charge in [-0.2, -0.15) is 0 Å². The highest BCUT2D eigenvalue weighted by atomic mass is 15.3. The molecule has 0 unspecified atom stereocenters. The second kappa shape index (κ2) is 7.77. The summed E-state index contributed by atoms with van der Waals surface area (Å²) in [7, 11) is 0. The van der Waals surface area contributed by atoms with Gasteiger partial charge < -0.3 is 5.32 Å². The number of benzene rings is 1. The van der Waals surface area contributed by atoms with Crippen molar-refractivity contribution in [2.45, 2.75) is 39.9 Å². The highest BCUT2D eigenvalue weighted by Gasteiger charge is 2.18. The topological polar surface area (TPSA) is 18.5 Å². The fourth-order valence-corrected chi connectivity index (χ4v) is 2.80. The lowest BCUT2D eigenvalue weighted by Gasteiger charge is -2.37. The van der Waals surface area contributed by atoms with Gasteiger partial charge in [-0.05, 0) is 31.5 Å². The number of nitrogens with zero attached hydrogens (tertiary/aromatic N) is 2. The Morgan fingerprint density at radius 2 is 1.80 bits per heavy atom. The van der Waals surface area contributed by atoms with Gasteiger partial charge in [0, 0.05) is 45.3 Å². The molecule has 0 radical (unpaired) electrons. The summed E-state index contributed by atoms with van der Waals surface area (Å²) in [6.45, 7) is 14.6. The lowest BCUT2D eigenvalue weighted by molar-refractivity contribution is 0.104. The summed E-state index contributed by atoms with van der Waals surface area (Å²) in [4.78, 5) is 5.14. The van der Waals surface area contributed by atoms with Crippen LogP contribution in [0.3, 0.4) is 0 Å². The molecule has 1 fully saturated rings. The maximum atomic E-state index is 3.39. The minimum absolute atomic E-state index is 0.681. The first-order valence-corrected chi connectivity index (χ1v) is 7.94. The van der Waals surface area contributed by atoms with Crippen molar-refractivity contribution in [1.82, 2.24) is 15.1 Å². The van der Waals surface area contributed by atoms with E-state index in [1.165, 1.54) is 37.3 Å². The van der Waals surface area contributed by atoms with Crippen molar-refractivity contribution in [2.24, 2.45) is 0 Å². The van der Waals surface area contributed by atoms with Gasteiger partial charge in [-0.25, -0.2) is 0 Å². The molecule has 0 bridgehead atoms. The van der Waals surface area contributed by atoms with E-state index in [0.29, 0.717) is 6.04 Å². The molecule has 1 aromatic carbocycles. The van der Waals surface area contributed by atoms with E-state index in [1.807, 2.05) is 0 Å². The van der Waals surface area contributed by atoms with Gasteiger partial charge in [0.2, 0.25) is 0 Å². The van der Waals surface area contributed by atoms with Gasteiger partial charge >= 0.3 is 0 Å². The standard InChI is InChI=1S/C17H29N3/c1-4-18-13-16-6-5-7-17(12-16)14-19-8-10-20(11-9-19)15(2)3/h5-7,12,15,18H,4,8-11,13-14H2,1-3H3. The van der Waals surface area contributed by atoms with E-state index >= 15 is 0 Å². The Morgan fingerprint density at radius 1 is 1.10 bits per heavy atom. The van der Waals surface area contributed by atoms with Crippen molar-refractivity contribution in [3.63, 3.8) is 0 Å². The molecule has 1 N–H and O–H groups in total. The zero-order valence-electron chi connectivity index (χ0n) is 13.2. The summed E-state index contributed by atoms with van der Waals surface area (Å²) in [5.41, 5.74) is 2.84. The van der Waals surface area contributed by atoms with Crippen LogP contribution in [0.25, 0.3) is 0 Å². The van der Waals surface area contributed by atoms with E-state index in [4.69, 9.17) is 0 Å². The molecule has 3 heteroatoms. The molecular weight excluding hydrogens is 246 g/mol. The molecule has 0 amide bonds. The Hall–Kier alpha value is -0.900. The predicted molar refractivity (Wildman–Crippen MR) is 85.8 cm³/mol. The molecule has 1 saturated heterocycles. The van der Waals surface area contributed by atoms with Crippen molar-refractivity contribution in [3.8, 4) is 0 Å². The van der Waals surface area contributed by atoms with Crippen LogP contribution >= 0.6 is 0 Å². The Balaban J connectivity index is 1.84. The second-order valence-electron chi connectivity index (χ2n) is 6.01. The predicted octanol–water partition coefficient (Wildman–Crippen LogP) is 2.32. The molecular formula is C17H29N3. The molecule has 1 heterocycles. The van der Waals surface area contributed by atoms with Gasteiger partial charge in [0.25, 0.3) is 0 Å². The third kappa shape index (κ3) is 4.58. The minimum Gasteiger partial charge on any atom is -0.313 e. The molecule has 112 valence electrons. The first kappa shape index (κ1) is 15.5. The van der Waals surface area contributed by atoms with Crippen LogP contribution in [0.15, 0.2) is 24.3 Å². The monoisotopic (exact) mass is 275 g/mol. The van der Waals surface area contributed by atoms with Gasteiger partial charge in [-0.15, -0.1) is 0 Å². The number of rotatable bonds is 6. The van der Waals surface area contributed by atoms with E-state index in [-0.39, 0.29) is 0 Å². The molecule has 1 aromatic rings. The third-order valence-corrected chi connectivity index (χ3v) is 4.11. The van der Waals surface area contributed by atoms with Crippen LogP contribution in [0.5, 0.6) is 0 Å². The quantitative estimate of drug-likeness (QED) is 0.859. The summed E-state index contributed by atoms with van der Waals surface area (Å²) < 4.78 is 0. The highest BCUT2D eigenvalue weighted by molar-refractivity contribution is 5.23. The van der Waals surface area contributed by atoms with Crippen LogP contribution in [0.2, 0.25) is 0 Å². The molecule has 1 aliphatic rings. The molecule has 20 heavy (non-hydrogen) atoms. The summed E-state index contributed by atoms with van der Waals surface area (Å²) in [5.74, 6) is 0. The summed E-state index contributed by atoms with van der Waals surface area (Å²) in [6.07, 6.45) is 0. The van der Waals surface area contributed by atoms with Gasteiger partial charge in [0.05, 0.1) is 0 Å². The molecule has 0 aromatic heterocycles. The first-order chi connectivity index (χ1) is 9.69. The summed E-state index contributed by atoms with van der Waals surface area (Å²) >= 11 is 0. The fourth-order valence-electron chi connectivity index (χ4n) is 2.80. The maximum Gasteiger partial charge on any atom is 0.0234 e. The van der Waals surface area contributed by atoms with Crippen LogP contribution in [0.4, 0.5) is 0 Å². The largest absolute Gasteiger partial charge is 0.313 e. The van der Waals surface area contributed by atoms with Crippen LogP contribution < -0.4 is 5.32 Å². The van der Waals surface area contributed by atoms with Crippen LogP contribution in [0.1, 0.15) is 31.9 Å². The first-order valence-electron chi connectivity index (χ1n) is 7.94. The average molecular weight is 275 g/mol. The van der Waals surface area contributed by atoms with Crippen LogP contribution in [0, 0.1) is 0 Å². The zero-order chi connectivity index (χ0) is 14.4. The minimum atomic E-state index is 0.681. The normalized spacial score (nSPS) is 17.8. The number of nitrogens with one attached hydrogen (secondary N) is 1. The van der Waals surface area contributed by atoms with Crippen LogP contribution in [-0.2, 0) is 13.1 Å². The number of hydrogen-bond acceptors (Lipinski definition) is 3. The van der Waals surface area contributed by atoms with Crippen LogP contribution in [-0.4, -0.2) is 48.6 Å². The van der Waals surface area contributed by atoms with Crippen molar-refractivity contribution in [1.29, 1.82) is 0 Å². The Labute approximate surface area is 124 Å². The van der Waals surface area contributed by atoms with Crippen molar-refractivity contribution < 1.29 is 0 Å². The molecule has 2 rings (SSSR count). The average Bonchev–Trinajstić information content (AvgIpc) is 2.46. The molecule has 0 spiro atoms. The molecule has 1 aliphatic heterocycles. The van der Waals surface area contributed by atoms with E-state index in [0.717, 1.165) is 19.6 Å². The number of piperazine rings is 1. The van der Waals surface area contributed by atoms with Crippen molar-refractivity contribution in [3.05, 3.63) is 35.4 Å². The third-order valence-electron chi connectivity index (χ3n) is 4.11. The van der Waals surface area contributed by atoms with Crippen molar-refractivity contribution in [2.75, 3.05) is 32.7 Å². The number of hydrogen-bond donors (Lipinski definition) is 1. The summed E-state index contributed by atoms with van der Waals surface area (Å²) in [6, 6.07) is 9.68. The van der Waals surface area contributed by atoms with E-state index in [9.17, 15) is 0 Å². The zero-order valence-corrected chi connectivity index (χ0v) is 13.2. The lowest BCUT2D eigenvalue weighted by atomic mass is 10.1. The lowest BCUT2D eigenvalue weighted by Crippen LogP contribution is -2.48. The van der Waals surface area contributed by atoms with E-state index in [1.54, 1.807) is 0 Å². The van der Waals surface area contributed by atoms with E-state index in [2.05, 4.69) is 60.2 Å². The van der Waals surface area contributed by atoms with Gasteiger partial charge in [-0.1, -0.05) is 31.2 Å². The molecule has 0 aliphatic carbocycles. The SMILES string of the molecule is CCNCc1cccc(CN2CCN(C(C)C)CC2)c1. The van der Waals surface area contributed by atoms with Gasteiger partial charge in [0.1, 0.15) is 0 Å². The highest BCUT2D eigenvalue weighted by Crippen LogP contribution is 2.12. The fraction of sp³-hybridized carbons (Fsp3) is 0.647. The molecule has 3 nitrogen and oxygen atoms in total. The molecule has 0 saturated carbocycles. The molecule has 0 atom stereocenters. The van der Waals surface area contributed by atoms with Gasteiger partial charge in [0.15, 0.2) is 0 Å². The van der Waals surface area contributed by atoms with Gasteiger partial charge in [-0.3, -0.25) is 9.80 Å². The van der Waals surface area contributed by atoms with Crippen molar-refractivity contribution >= 4 is 0 Å². The Morgan fingerprint density at radius 3 is 2.45 bits per heavy atom. The van der Waals surface area contributed by atoms with E-state index < -0.39 is 0 Å².